The Kier molecular flexibility index (Phi) is 6.84. The predicted octanol–water partition coefficient (Wildman–Crippen LogP) is 0.542. The van der Waals surface area contributed by atoms with Crippen LogP contribution in [0, 0.1) is 0 Å². The van der Waals surface area contributed by atoms with E-state index < -0.39 is 10.0 Å². The summed E-state index contributed by atoms with van der Waals surface area (Å²) in [4.78, 5) is 26.4. The Hall–Kier alpha value is -2.29. The first-order chi connectivity index (χ1) is 12.3. The highest BCUT2D eigenvalue weighted by Crippen LogP contribution is 2.22. The van der Waals surface area contributed by atoms with E-state index in [-0.39, 0.29) is 18.9 Å². The molecule has 0 unspecified atom stereocenters. The van der Waals surface area contributed by atoms with E-state index in [4.69, 9.17) is 4.74 Å². The van der Waals surface area contributed by atoms with Gasteiger partial charge in [0, 0.05) is 39.1 Å². The molecule has 0 atom stereocenters. The zero-order valence-corrected chi connectivity index (χ0v) is 15.9. The maximum Gasteiger partial charge on any atom is 0.232 e. The Morgan fingerprint density at radius 3 is 2.31 bits per heavy atom. The molecule has 144 valence electrons. The molecule has 1 heterocycles. The van der Waals surface area contributed by atoms with Crippen molar-refractivity contribution in [2.45, 2.75) is 13.3 Å². The van der Waals surface area contributed by atoms with Gasteiger partial charge in [-0.15, -0.1) is 0 Å². The number of sulfonamides is 1. The van der Waals surface area contributed by atoms with Gasteiger partial charge in [-0.25, -0.2) is 8.42 Å². The molecular formula is C17H25N3O5S. The summed E-state index contributed by atoms with van der Waals surface area (Å²) in [5, 5.41) is 0. The number of benzene rings is 1. The molecule has 9 heteroatoms. The lowest BCUT2D eigenvalue weighted by atomic mass is 10.2. The summed E-state index contributed by atoms with van der Waals surface area (Å²) in [6.07, 6.45) is 1.98. The van der Waals surface area contributed by atoms with Crippen LogP contribution >= 0.6 is 0 Å². The van der Waals surface area contributed by atoms with E-state index in [9.17, 15) is 18.0 Å². The smallest absolute Gasteiger partial charge is 0.232 e. The number of hydrogen-bond acceptors (Lipinski definition) is 5. The lowest BCUT2D eigenvalue weighted by molar-refractivity contribution is -0.134. The standard InChI is InChI=1S/C17H25N3O5S/c1-3-25-16-6-4-15(5-7-16)20(26(2,23)24)9-8-17(22)19-12-10-18(14-21)11-13-19/h4-7,14H,3,8-13H2,1-2H3. The normalized spacial score (nSPS) is 14.8. The highest BCUT2D eigenvalue weighted by atomic mass is 32.2. The first-order valence-electron chi connectivity index (χ1n) is 8.53. The first-order valence-corrected chi connectivity index (χ1v) is 10.4. The molecule has 0 saturated carbocycles. The summed E-state index contributed by atoms with van der Waals surface area (Å²) in [6.45, 7) is 4.42. The number of anilines is 1. The lowest BCUT2D eigenvalue weighted by Crippen LogP contribution is -2.48. The molecule has 2 amide bonds. The van der Waals surface area contributed by atoms with Crippen LogP contribution in [0.2, 0.25) is 0 Å². The molecule has 1 aliphatic rings. The van der Waals surface area contributed by atoms with Crippen molar-refractivity contribution in [3.05, 3.63) is 24.3 Å². The zero-order chi connectivity index (χ0) is 19.2. The number of ether oxygens (including phenoxy) is 1. The van der Waals surface area contributed by atoms with Gasteiger partial charge in [0.05, 0.1) is 18.6 Å². The molecule has 0 radical (unpaired) electrons. The van der Waals surface area contributed by atoms with Crippen molar-refractivity contribution in [3.63, 3.8) is 0 Å². The molecule has 0 bridgehead atoms. The maximum absolute atomic E-state index is 12.4. The summed E-state index contributed by atoms with van der Waals surface area (Å²) >= 11 is 0. The number of hydrogen-bond donors (Lipinski definition) is 0. The van der Waals surface area contributed by atoms with Gasteiger partial charge in [0.2, 0.25) is 22.3 Å². The summed E-state index contributed by atoms with van der Waals surface area (Å²) < 4.78 is 30.9. The van der Waals surface area contributed by atoms with Crippen LogP contribution in [0.15, 0.2) is 24.3 Å². The van der Waals surface area contributed by atoms with Gasteiger partial charge >= 0.3 is 0 Å². The third-order valence-electron chi connectivity index (χ3n) is 4.18. The summed E-state index contributed by atoms with van der Waals surface area (Å²) in [6, 6.07) is 6.74. The van der Waals surface area contributed by atoms with Crippen molar-refractivity contribution in [3.8, 4) is 5.75 Å². The number of carbonyl (C=O) groups is 2. The Balaban J connectivity index is 2.00. The molecular weight excluding hydrogens is 358 g/mol. The third-order valence-corrected chi connectivity index (χ3v) is 5.37. The molecule has 0 aliphatic carbocycles. The van der Waals surface area contributed by atoms with Crippen molar-refractivity contribution in [2.75, 3.05) is 49.9 Å². The van der Waals surface area contributed by atoms with E-state index in [1.807, 2.05) is 6.92 Å². The molecule has 0 spiro atoms. The van der Waals surface area contributed by atoms with Gasteiger partial charge in [0.25, 0.3) is 0 Å². The molecule has 0 aromatic heterocycles. The van der Waals surface area contributed by atoms with Crippen LogP contribution in [-0.2, 0) is 19.6 Å². The van der Waals surface area contributed by atoms with Gasteiger partial charge in [0.15, 0.2) is 0 Å². The minimum Gasteiger partial charge on any atom is -0.494 e. The topological polar surface area (TPSA) is 87.2 Å². The molecule has 0 N–H and O–H groups in total. The minimum absolute atomic E-state index is 0.0690. The summed E-state index contributed by atoms with van der Waals surface area (Å²) in [5.74, 6) is 0.545. The van der Waals surface area contributed by atoms with E-state index in [2.05, 4.69) is 0 Å². The number of nitrogens with zero attached hydrogens (tertiary/aromatic N) is 3. The quantitative estimate of drug-likeness (QED) is 0.612. The van der Waals surface area contributed by atoms with E-state index in [1.165, 1.54) is 4.31 Å². The zero-order valence-electron chi connectivity index (χ0n) is 15.1. The SMILES string of the molecule is CCOc1ccc(N(CCC(=O)N2CCN(C=O)CC2)S(C)(=O)=O)cc1. The highest BCUT2D eigenvalue weighted by molar-refractivity contribution is 7.92. The average molecular weight is 383 g/mol. The second-order valence-corrected chi connectivity index (χ2v) is 7.94. The average Bonchev–Trinajstić information content (AvgIpc) is 2.62. The number of piperazine rings is 1. The minimum atomic E-state index is -3.51. The Labute approximate surface area is 154 Å². The fraction of sp³-hybridized carbons (Fsp3) is 0.529. The summed E-state index contributed by atoms with van der Waals surface area (Å²) in [7, 11) is -3.51. The number of carbonyl (C=O) groups excluding carboxylic acids is 2. The first kappa shape index (κ1) is 20.0. The monoisotopic (exact) mass is 383 g/mol. The second-order valence-electron chi connectivity index (χ2n) is 6.03. The maximum atomic E-state index is 12.4. The van der Waals surface area contributed by atoms with Gasteiger partial charge in [0.1, 0.15) is 5.75 Å². The molecule has 8 nitrogen and oxygen atoms in total. The molecule has 2 rings (SSSR count). The van der Waals surface area contributed by atoms with Crippen LogP contribution in [-0.4, -0.2) is 76.1 Å². The fourth-order valence-corrected chi connectivity index (χ4v) is 3.72. The molecule has 1 aromatic rings. The molecule has 1 fully saturated rings. The fourth-order valence-electron chi connectivity index (χ4n) is 2.79. The van der Waals surface area contributed by atoms with Gasteiger partial charge < -0.3 is 14.5 Å². The predicted molar refractivity (Wildman–Crippen MR) is 98.6 cm³/mol. The van der Waals surface area contributed by atoms with Crippen molar-refractivity contribution >= 4 is 28.0 Å². The van der Waals surface area contributed by atoms with E-state index in [1.54, 1.807) is 34.1 Å². The largest absolute Gasteiger partial charge is 0.494 e. The molecule has 1 aliphatic heterocycles. The molecule has 1 aromatic carbocycles. The number of amides is 2. The van der Waals surface area contributed by atoms with Gasteiger partial charge in [-0.2, -0.15) is 0 Å². The van der Waals surface area contributed by atoms with Crippen molar-refractivity contribution < 1.29 is 22.7 Å². The number of rotatable bonds is 8. The van der Waals surface area contributed by atoms with Crippen LogP contribution in [0.3, 0.4) is 0 Å². The van der Waals surface area contributed by atoms with Crippen molar-refractivity contribution in [1.82, 2.24) is 9.80 Å². The van der Waals surface area contributed by atoms with Crippen LogP contribution < -0.4 is 9.04 Å². The van der Waals surface area contributed by atoms with E-state index >= 15 is 0 Å². The van der Waals surface area contributed by atoms with Gasteiger partial charge in [-0.05, 0) is 31.2 Å². The molecule has 1 saturated heterocycles. The Morgan fingerprint density at radius 1 is 1.19 bits per heavy atom. The van der Waals surface area contributed by atoms with E-state index in [0.29, 0.717) is 44.2 Å². The van der Waals surface area contributed by atoms with Gasteiger partial charge in [-0.3, -0.25) is 13.9 Å². The van der Waals surface area contributed by atoms with Crippen molar-refractivity contribution in [1.29, 1.82) is 0 Å². The van der Waals surface area contributed by atoms with Crippen LogP contribution in [0.1, 0.15) is 13.3 Å². The highest BCUT2D eigenvalue weighted by Gasteiger charge is 2.23. The van der Waals surface area contributed by atoms with Crippen LogP contribution in [0.25, 0.3) is 0 Å². The third kappa shape index (κ3) is 5.35. The summed E-state index contributed by atoms with van der Waals surface area (Å²) in [5.41, 5.74) is 0.495. The van der Waals surface area contributed by atoms with Crippen LogP contribution in [0.5, 0.6) is 5.75 Å². The lowest BCUT2D eigenvalue weighted by Gasteiger charge is -2.33. The Bertz CT molecular complexity index is 712. The molecule has 26 heavy (non-hydrogen) atoms. The van der Waals surface area contributed by atoms with Crippen LogP contribution in [0.4, 0.5) is 5.69 Å². The Morgan fingerprint density at radius 2 is 1.81 bits per heavy atom. The van der Waals surface area contributed by atoms with Gasteiger partial charge in [-0.1, -0.05) is 0 Å². The van der Waals surface area contributed by atoms with Crippen molar-refractivity contribution in [2.24, 2.45) is 0 Å². The van der Waals surface area contributed by atoms with E-state index in [0.717, 1.165) is 12.7 Å². The second kappa shape index (κ2) is 8.88.